The number of halogens is 1. The summed E-state index contributed by atoms with van der Waals surface area (Å²) in [4.78, 5) is 0.565. The molecular formula is C21H15FN2OS. The van der Waals surface area contributed by atoms with E-state index in [1.807, 2.05) is 48.7 Å². The third-order valence-corrected chi connectivity index (χ3v) is 5.39. The summed E-state index contributed by atoms with van der Waals surface area (Å²) in [6.45, 7) is 0. The summed E-state index contributed by atoms with van der Waals surface area (Å²) in [7, 11) is 0. The Morgan fingerprint density at radius 1 is 1.15 bits per heavy atom. The number of hydrogen-bond acceptors (Lipinski definition) is 4. The number of benzene rings is 3. The molecule has 5 heteroatoms. The van der Waals surface area contributed by atoms with Gasteiger partial charge in [-0.3, -0.25) is 0 Å². The summed E-state index contributed by atoms with van der Waals surface area (Å²) in [5, 5.41) is 11.6. The van der Waals surface area contributed by atoms with E-state index in [2.05, 4.69) is 6.07 Å². The van der Waals surface area contributed by atoms with Crippen molar-refractivity contribution in [3.05, 3.63) is 83.0 Å². The van der Waals surface area contributed by atoms with Gasteiger partial charge in [0.2, 0.25) is 5.88 Å². The van der Waals surface area contributed by atoms with Gasteiger partial charge in [0.05, 0.1) is 5.92 Å². The Bertz CT molecular complexity index is 1100. The normalized spacial score (nSPS) is 16.1. The smallest absolute Gasteiger partial charge is 0.205 e. The maximum Gasteiger partial charge on any atom is 0.205 e. The fourth-order valence-electron chi connectivity index (χ4n) is 3.39. The molecule has 0 bridgehead atoms. The van der Waals surface area contributed by atoms with Gasteiger partial charge < -0.3 is 10.5 Å². The highest BCUT2D eigenvalue weighted by molar-refractivity contribution is 7.98. The molecular weight excluding hydrogens is 347 g/mol. The molecule has 0 spiro atoms. The maximum absolute atomic E-state index is 14.4. The van der Waals surface area contributed by atoms with Crippen molar-refractivity contribution in [3.8, 4) is 11.8 Å². The molecule has 0 saturated carbocycles. The molecule has 0 aliphatic carbocycles. The molecule has 1 aliphatic heterocycles. The van der Waals surface area contributed by atoms with Crippen molar-refractivity contribution in [2.24, 2.45) is 5.73 Å². The first-order valence-electron chi connectivity index (χ1n) is 8.06. The molecule has 0 radical (unpaired) electrons. The van der Waals surface area contributed by atoms with Crippen LogP contribution in [0.3, 0.4) is 0 Å². The second-order valence-corrected chi connectivity index (χ2v) is 6.87. The number of ether oxygens (including phenoxy) is 1. The summed E-state index contributed by atoms with van der Waals surface area (Å²) in [6.07, 6.45) is 1.83. The zero-order valence-corrected chi connectivity index (χ0v) is 14.8. The molecule has 0 amide bonds. The van der Waals surface area contributed by atoms with Crippen LogP contribution in [0.25, 0.3) is 10.8 Å². The van der Waals surface area contributed by atoms with Gasteiger partial charge in [0.1, 0.15) is 23.2 Å². The summed E-state index contributed by atoms with van der Waals surface area (Å²) >= 11 is 1.34. The third-order valence-electron chi connectivity index (χ3n) is 4.62. The van der Waals surface area contributed by atoms with Gasteiger partial charge in [-0.1, -0.05) is 42.5 Å². The number of nitriles is 1. The number of rotatable bonds is 2. The van der Waals surface area contributed by atoms with Gasteiger partial charge in [-0.05, 0) is 29.3 Å². The molecule has 3 aromatic carbocycles. The van der Waals surface area contributed by atoms with Crippen LogP contribution in [-0.2, 0) is 0 Å². The van der Waals surface area contributed by atoms with Crippen LogP contribution in [0.1, 0.15) is 17.0 Å². The van der Waals surface area contributed by atoms with Gasteiger partial charge in [0.25, 0.3) is 0 Å². The van der Waals surface area contributed by atoms with E-state index in [4.69, 9.17) is 10.5 Å². The molecule has 2 N–H and O–H groups in total. The second-order valence-electron chi connectivity index (χ2n) is 6.02. The molecule has 1 atom stereocenters. The van der Waals surface area contributed by atoms with Crippen molar-refractivity contribution < 1.29 is 9.13 Å². The highest BCUT2D eigenvalue weighted by atomic mass is 32.2. The molecule has 1 unspecified atom stereocenters. The molecule has 1 aliphatic rings. The molecule has 0 fully saturated rings. The Hall–Kier alpha value is -2.97. The van der Waals surface area contributed by atoms with E-state index >= 15 is 0 Å². The lowest BCUT2D eigenvalue weighted by atomic mass is 9.82. The van der Waals surface area contributed by atoms with Crippen molar-refractivity contribution in [1.82, 2.24) is 0 Å². The van der Waals surface area contributed by atoms with Crippen molar-refractivity contribution in [2.45, 2.75) is 10.8 Å². The van der Waals surface area contributed by atoms with Crippen molar-refractivity contribution in [2.75, 3.05) is 6.26 Å². The second kappa shape index (κ2) is 6.40. The summed E-state index contributed by atoms with van der Waals surface area (Å²) in [5.74, 6) is -0.0758. The van der Waals surface area contributed by atoms with E-state index in [1.165, 1.54) is 17.8 Å². The predicted octanol–water partition coefficient (Wildman–Crippen LogP) is 4.92. The Morgan fingerprint density at radius 2 is 1.96 bits per heavy atom. The van der Waals surface area contributed by atoms with Crippen LogP contribution in [-0.4, -0.2) is 6.26 Å². The Morgan fingerprint density at radius 3 is 2.69 bits per heavy atom. The van der Waals surface area contributed by atoms with Gasteiger partial charge in [0.15, 0.2) is 0 Å². The monoisotopic (exact) mass is 362 g/mol. The zero-order chi connectivity index (χ0) is 18.3. The Balaban J connectivity index is 1.98. The molecule has 0 saturated heterocycles. The minimum absolute atomic E-state index is 0.0655. The molecule has 4 rings (SSSR count). The van der Waals surface area contributed by atoms with Gasteiger partial charge in [-0.2, -0.15) is 5.26 Å². The SMILES string of the molecule is CSc1ccc(C2C(C#N)=C(N)Oc3c2ccc2ccccc32)cc1F. The number of thioether (sulfide) groups is 1. The first-order valence-corrected chi connectivity index (χ1v) is 9.29. The third kappa shape index (κ3) is 2.51. The standard InChI is InChI=1S/C21H15FN2OS/c1-26-18-9-7-13(10-17(18)22)19-15-8-6-12-4-2-3-5-14(12)20(15)25-21(24)16(19)11-23/h2-10,19H,24H2,1H3. The van der Waals surface area contributed by atoms with Crippen molar-refractivity contribution in [1.29, 1.82) is 5.26 Å². The lowest BCUT2D eigenvalue weighted by Gasteiger charge is -2.27. The van der Waals surface area contributed by atoms with E-state index in [0.29, 0.717) is 21.8 Å². The number of nitrogens with zero attached hydrogens (tertiary/aromatic N) is 1. The first-order chi connectivity index (χ1) is 12.6. The summed E-state index contributed by atoms with van der Waals surface area (Å²) in [6, 6.07) is 18.9. The van der Waals surface area contributed by atoms with Crippen LogP contribution < -0.4 is 10.5 Å². The highest BCUT2D eigenvalue weighted by Crippen LogP contribution is 2.45. The predicted molar refractivity (Wildman–Crippen MR) is 101 cm³/mol. The van der Waals surface area contributed by atoms with Gasteiger partial charge in [-0.25, -0.2) is 4.39 Å². The molecule has 3 nitrogen and oxygen atoms in total. The van der Waals surface area contributed by atoms with E-state index in [1.54, 1.807) is 6.07 Å². The molecule has 26 heavy (non-hydrogen) atoms. The van der Waals surface area contributed by atoms with Crippen LogP contribution in [0, 0.1) is 17.1 Å². The van der Waals surface area contributed by atoms with E-state index in [-0.39, 0.29) is 11.7 Å². The maximum atomic E-state index is 14.4. The molecule has 1 heterocycles. The van der Waals surface area contributed by atoms with Crippen molar-refractivity contribution >= 4 is 22.5 Å². The van der Waals surface area contributed by atoms with Gasteiger partial charge in [-0.15, -0.1) is 11.8 Å². The number of nitrogens with two attached hydrogens (primary N) is 1. The first kappa shape index (κ1) is 16.5. The Labute approximate surface area is 154 Å². The highest BCUT2D eigenvalue weighted by Gasteiger charge is 2.32. The van der Waals surface area contributed by atoms with Crippen LogP contribution >= 0.6 is 11.8 Å². The summed E-state index contributed by atoms with van der Waals surface area (Å²) in [5.41, 5.74) is 7.84. The summed E-state index contributed by atoms with van der Waals surface area (Å²) < 4.78 is 20.2. The molecule has 0 aromatic heterocycles. The zero-order valence-electron chi connectivity index (χ0n) is 14.0. The average Bonchev–Trinajstić information content (AvgIpc) is 2.66. The topological polar surface area (TPSA) is 59.0 Å². The van der Waals surface area contributed by atoms with E-state index < -0.39 is 5.92 Å². The minimum atomic E-state index is -0.459. The van der Waals surface area contributed by atoms with Crippen LogP contribution in [0.2, 0.25) is 0 Å². The van der Waals surface area contributed by atoms with Crippen LogP contribution in [0.15, 0.2) is 70.9 Å². The van der Waals surface area contributed by atoms with Crippen LogP contribution in [0.5, 0.6) is 5.75 Å². The number of fused-ring (bicyclic) bond motifs is 3. The fourth-order valence-corrected chi connectivity index (χ4v) is 3.85. The van der Waals surface area contributed by atoms with E-state index in [0.717, 1.165) is 16.3 Å². The molecule has 3 aromatic rings. The number of hydrogen-bond donors (Lipinski definition) is 1. The van der Waals surface area contributed by atoms with E-state index in [9.17, 15) is 9.65 Å². The number of allylic oxidation sites excluding steroid dienone is 1. The Kier molecular flexibility index (Phi) is 4.06. The van der Waals surface area contributed by atoms with Gasteiger partial charge >= 0.3 is 0 Å². The fraction of sp³-hybridized carbons (Fsp3) is 0.0952. The average molecular weight is 362 g/mol. The minimum Gasteiger partial charge on any atom is -0.440 e. The quantitative estimate of drug-likeness (QED) is 0.658. The van der Waals surface area contributed by atoms with Gasteiger partial charge in [0, 0.05) is 15.8 Å². The lowest BCUT2D eigenvalue weighted by Crippen LogP contribution is -2.21. The molecule has 128 valence electrons. The van der Waals surface area contributed by atoms with Crippen LogP contribution in [0.4, 0.5) is 4.39 Å². The largest absolute Gasteiger partial charge is 0.440 e. The lowest BCUT2D eigenvalue weighted by molar-refractivity contribution is 0.398. The van der Waals surface area contributed by atoms with Crippen molar-refractivity contribution in [3.63, 3.8) is 0 Å².